The van der Waals surface area contributed by atoms with Gasteiger partial charge in [0.25, 0.3) is 5.91 Å². The van der Waals surface area contributed by atoms with Crippen molar-refractivity contribution in [1.82, 2.24) is 14.7 Å². The Kier molecular flexibility index (Phi) is 6.39. The molecule has 1 aromatic heterocycles. The highest BCUT2D eigenvalue weighted by molar-refractivity contribution is 6.00. The van der Waals surface area contributed by atoms with Crippen molar-refractivity contribution in [2.45, 2.75) is 0 Å². The molecule has 1 aliphatic heterocycles. The number of amides is 1. The SMILES string of the molecule is COc1ccc(-c2nn(-c3ccccc3)cc2C(=O)N2CCN(c3ccccc3)CC2)cc1OC. The van der Waals surface area contributed by atoms with Crippen LogP contribution in [0.4, 0.5) is 5.69 Å². The number of hydrogen-bond acceptors (Lipinski definition) is 5. The molecule has 178 valence electrons. The summed E-state index contributed by atoms with van der Waals surface area (Å²) in [7, 11) is 3.20. The second-order valence-corrected chi connectivity index (χ2v) is 8.36. The van der Waals surface area contributed by atoms with E-state index in [1.165, 1.54) is 5.69 Å². The molecule has 1 amide bonds. The van der Waals surface area contributed by atoms with Gasteiger partial charge in [-0.25, -0.2) is 4.68 Å². The van der Waals surface area contributed by atoms with Crippen molar-refractivity contribution in [1.29, 1.82) is 0 Å². The van der Waals surface area contributed by atoms with Crippen molar-refractivity contribution in [3.05, 3.63) is 90.6 Å². The average Bonchev–Trinajstić information content (AvgIpc) is 3.39. The molecule has 7 nitrogen and oxygen atoms in total. The molecule has 0 bridgehead atoms. The third-order valence-electron chi connectivity index (χ3n) is 6.31. The number of carbonyl (C=O) groups excluding carboxylic acids is 1. The van der Waals surface area contributed by atoms with Crippen LogP contribution in [-0.4, -0.2) is 61.0 Å². The van der Waals surface area contributed by atoms with E-state index in [0.29, 0.717) is 35.8 Å². The van der Waals surface area contributed by atoms with Crippen molar-refractivity contribution in [3.63, 3.8) is 0 Å². The predicted octanol–water partition coefficient (Wildman–Crippen LogP) is 4.52. The maximum atomic E-state index is 13.8. The number of ether oxygens (including phenoxy) is 2. The van der Waals surface area contributed by atoms with Crippen molar-refractivity contribution >= 4 is 11.6 Å². The standard InChI is InChI=1S/C28H28N4O3/c1-34-25-14-13-21(19-26(25)35-2)27-24(20-32(29-27)23-11-7-4-8-12-23)28(33)31-17-15-30(16-18-31)22-9-5-3-6-10-22/h3-14,19-20H,15-18H2,1-2H3. The highest BCUT2D eigenvalue weighted by Crippen LogP contribution is 2.34. The number of hydrogen-bond donors (Lipinski definition) is 0. The van der Waals surface area contributed by atoms with Crippen LogP contribution >= 0.6 is 0 Å². The van der Waals surface area contributed by atoms with Gasteiger partial charge in [-0.3, -0.25) is 4.79 Å². The molecule has 0 N–H and O–H groups in total. The Hall–Kier alpha value is -4.26. The lowest BCUT2D eigenvalue weighted by Crippen LogP contribution is -2.48. The molecule has 3 aromatic carbocycles. The molecule has 0 unspecified atom stereocenters. The molecule has 0 saturated carbocycles. The van der Waals surface area contributed by atoms with E-state index < -0.39 is 0 Å². The summed E-state index contributed by atoms with van der Waals surface area (Å²) in [4.78, 5) is 18.0. The molecule has 0 atom stereocenters. The van der Waals surface area contributed by atoms with Crippen LogP contribution in [-0.2, 0) is 0 Å². The molecule has 1 aliphatic rings. The number of methoxy groups -OCH3 is 2. The highest BCUT2D eigenvalue weighted by Gasteiger charge is 2.27. The summed E-state index contributed by atoms with van der Waals surface area (Å²) in [6.45, 7) is 2.87. The lowest BCUT2D eigenvalue weighted by molar-refractivity contribution is 0.0747. The van der Waals surface area contributed by atoms with Gasteiger partial charge in [0, 0.05) is 43.6 Å². The Morgan fingerprint density at radius 1 is 0.771 bits per heavy atom. The number of piperazine rings is 1. The second-order valence-electron chi connectivity index (χ2n) is 8.36. The summed E-state index contributed by atoms with van der Waals surface area (Å²) < 4.78 is 12.7. The fourth-order valence-corrected chi connectivity index (χ4v) is 4.42. The molecule has 4 aromatic rings. The number of para-hydroxylation sites is 2. The van der Waals surface area contributed by atoms with Crippen LogP contribution in [0.15, 0.2) is 85.1 Å². The molecule has 1 fully saturated rings. The minimum absolute atomic E-state index is 0.0234. The summed E-state index contributed by atoms with van der Waals surface area (Å²) in [5.41, 5.74) is 4.05. The maximum Gasteiger partial charge on any atom is 0.257 e. The third-order valence-corrected chi connectivity index (χ3v) is 6.31. The number of anilines is 1. The second kappa shape index (κ2) is 9.93. The number of benzene rings is 3. The highest BCUT2D eigenvalue weighted by atomic mass is 16.5. The lowest BCUT2D eigenvalue weighted by Gasteiger charge is -2.36. The first-order chi connectivity index (χ1) is 17.2. The Balaban J connectivity index is 1.47. The van der Waals surface area contributed by atoms with Crippen LogP contribution < -0.4 is 14.4 Å². The van der Waals surface area contributed by atoms with Crippen molar-refractivity contribution < 1.29 is 14.3 Å². The fraction of sp³-hybridized carbons (Fsp3) is 0.214. The van der Waals surface area contributed by atoms with Gasteiger partial charge in [-0.05, 0) is 42.5 Å². The van der Waals surface area contributed by atoms with Gasteiger partial charge in [0.1, 0.15) is 5.69 Å². The van der Waals surface area contributed by atoms with Gasteiger partial charge in [-0.15, -0.1) is 0 Å². The van der Waals surface area contributed by atoms with Gasteiger partial charge in [-0.2, -0.15) is 5.10 Å². The van der Waals surface area contributed by atoms with Crippen LogP contribution in [0.2, 0.25) is 0 Å². The van der Waals surface area contributed by atoms with Gasteiger partial charge >= 0.3 is 0 Å². The number of aromatic nitrogens is 2. The van der Waals surface area contributed by atoms with Crippen LogP contribution in [0.3, 0.4) is 0 Å². The molecule has 7 heteroatoms. The van der Waals surface area contributed by atoms with Crippen molar-refractivity contribution in [3.8, 4) is 28.4 Å². The number of rotatable bonds is 6. The average molecular weight is 469 g/mol. The molecule has 35 heavy (non-hydrogen) atoms. The van der Waals surface area contributed by atoms with Gasteiger partial charge in [0.15, 0.2) is 11.5 Å². The van der Waals surface area contributed by atoms with Gasteiger partial charge in [0.05, 0.1) is 25.5 Å². The molecular weight excluding hydrogens is 440 g/mol. The number of carbonyl (C=O) groups is 1. The summed E-state index contributed by atoms with van der Waals surface area (Å²) >= 11 is 0. The topological polar surface area (TPSA) is 59.8 Å². The molecule has 1 saturated heterocycles. The first-order valence-electron chi connectivity index (χ1n) is 11.6. The van der Waals surface area contributed by atoms with E-state index in [9.17, 15) is 4.79 Å². The van der Waals surface area contributed by atoms with Gasteiger partial charge in [-0.1, -0.05) is 36.4 Å². The maximum absolute atomic E-state index is 13.8. The molecule has 2 heterocycles. The minimum atomic E-state index is -0.0234. The first-order valence-corrected chi connectivity index (χ1v) is 11.6. The summed E-state index contributed by atoms with van der Waals surface area (Å²) in [5.74, 6) is 1.20. The zero-order valence-corrected chi connectivity index (χ0v) is 19.9. The summed E-state index contributed by atoms with van der Waals surface area (Å²) in [5, 5.41) is 4.82. The van der Waals surface area contributed by atoms with Crippen LogP contribution in [0, 0.1) is 0 Å². The fourth-order valence-electron chi connectivity index (χ4n) is 4.42. The third kappa shape index (κ3) is 4.57. The van der Waals surface area contributed by atoms with E-state index in [2.05, 4.69) is 17.0 Å². The molecule has 0 aliphatic carbocycles. The van der Waals surface area contributed by atoms with Crippen LogP contribution in [0.25, 0.3) is 16.9 Å². The van der Waals surface area contributed by atoms with E-state index in [0.717, 1.165) is 24.3 Å². The lowest BCUT2D eigenvalue weighted by atomic mass is 10.1. The molecule has 0 radical (unpaired) electrons. The molecule has 5 rings (SSSR count). The van der Waals surface area contributed by atoms with Crippen molar-refractivity contribution in [2.24, 2.45) is 0 Å². The first kappa shape index (κ1) is 22.5. The van der Waals surface area contributed by atoms with Crippen LogP contribution in [0.1, 0.15) is 10.4 Å². The Morgan fingerprint density at radius 3 is 2.03 bits per heavy atom. The monoisotopic (exact) mass is 468 g/mol. The molecular formula is C28H28N4O3. The Bertz CT molecular complexity index is 1300. The minimum Gasteiger partial charge on any atom is -0.493 e. The van der Waals surface area contributed by atoms with E-state index in [4.69, 9.17) is 14.6 Å². The number of nitrogens with zero attached hydrogens (tertiary/aromatic N) is 4. The van der Waals surface area contributed by atoms with Crippen molar-refractivity contribution in [2.75, 3.05) is 45.3 Å². The predicted molar refractivity (Wildman–Crippen MR) is 137 cm³/mol. The quantitative estimate of drug-likeness (QED) is 0.417. The Labute approximate surface area is 205 Å². The smallest absolute Gasteiger partial charge is 0.257 e. The van der Waals surface area contributed by atoms with E-state index >= 15 is 0 Å². The zero-order chi connectivity index (χ0) is 24.2. The summed E-state index contributed by atoms with van der Waals surface area (Å²) in [6.07, 6.45) is 1.83. The van der Waals surface area contributed by atoms with E-state index in [1.807, 2.05) is 77.8 Å². The molecule has 0 spiro atoms. The summed E-state index contributed by atoms with van der Waals surface area (Å²) in [6, 6.07) is 25.7. The van der Waals surface area contributed by atoms with Gasteiger partial charge in [0.2, 0.25) is 0 Å². The van der Waals surface area contributed by atoms with E-state index in [-0.39, 0.29) is 5.91 Å². The van der Waals surface area contributed by atoms with E-state index in [1.54, 1.807) is 18.9 Å². The normalized spacial score (nSPS) is 13.5. The largest absolute Gasteiger partial charge is 0.493 e. The Morgan fingerprint density at radius 2 is 1.40 bits per heavy atom. The zero-order valence-electron chi connectivity index (χ0n) is 19.9. The van der Waals surface area contributed by atoms with Gasteiger partial charge < -0.3 is 19.3 Å². The van der Waals surface area contributed by atoms with Crippen LogP contribution in [0.5, 0.6) is 11.5 Å².